The molecule has 0 aliphatic rings. The summed E-state index contributed by atoms with van der Waals surface area (Å²) in [4.78, 5) is 23.7. The number of aliphatic hydroxyl groups is 1. The normalized spacial score (nSPS) is 11.7. The lowest BCUT2D eigenvalue weighted by molar-refractivity contribution is -0.124. The van der Waals surface area contributed by atoms with Gasteiger partial charge in [-0.25, -0.2) is 0 Å². The molecule has 0 bridgehead atoms. The van der Waals surface area contributed by atoms with Crippen molar-refractivity contribution in [2.45, 2.75) is 6.10 Å². The van der Waals surface area contributed by atoms with E-state index in [0.29, 0.717) is 17.1 Å². The van der Waals surface area contributed by atoms with E-state index in [-0.39, 0.29) is 19.0 Å². The molecule has 0 spiro atoms. The van der Waals surface area contributed by atoms with Crippen LogP contribution in [0.25, 0.3) is 6.08 Å². The van der Waals surface area contributed by atoms with E-state index in [1.54, 1.807) is 24.3 Å². The van der Waals surface area contributed by atoms with Crippen molar-refractivity contribution in [3.63, 3.8) is 0 Å². The number of benzene rings is 2. The number of amides is 2. The first-order valence-corrected chi connectivity index (χ1v) is 8.71. The molecule has 0 aliphatic heterocycles. The van der Waals surface area contributed by atoms with Crippen LogP contribution in [-0.4, -0.2) is 44.2 Å². The number of hydrogen-bond acceptors (Lipinski definition) is 5. The van der Waals surface area contributed by atoms with E-state index in [9.17, 15) is 14.7 Å². The van der Waals surface area contributed by atoms with E-state index >= 15 is 0 Å². The van der Waals surface area contributed by atoms with Crippen LogP contribution in [0.4, 0.5) is 0 Å². The number of aliphatic hydroxyl groups excluding tert-OH is 1. The summed E-state index contributed by atoms with van der Waals surface area (Å²) >= 11 is 0. The van der Waals surface area contributed by atoms with Crippen molar-refractivity contribution < 1.29 is 24.2 Å². The van der Waals surface area contributed by atoms with Gasteiger partial charge in [-0.1, -0.05) is 30.3 Å². The second kappa shape index (κ2) is 10.7. The number of methoxy groups -OCH3 is 2. The third kappa shape index (κ3) is 6.44. The molecule has 7 heteroatoms. The van der Waals surface area contributed by atoms with Gasteiger partial charge in [0.05, 0.1) is 26.9 Å². The van der Waals surface area contributed by atoms with Gasteiger partial charge in [0, 0.05) is 18.2 Å². The molecule has 0 heterocycles. The highest BCUT2D eigenvalue weighted by atomic mass is 16.5. The van der Waals surface area contributed by atoms with Gasteiger partial charge in [0.25, 0.3) is 0 Å². The smallest absolute Gasteiger partial charge is 0.244 e. The molecule has 2 aromatic rings. The highest BCUT2D eigenvalue weighted by Gasteiger charge is 2.15. The third-order valence-electron chi connectivity index (χ3n) is 3.94. The molecule has 2 aromatic carbocycles. The summed E-state index contributed by atoms with van der Waals surface area (Å²) in [6.07, 6.45) is 2.03. The van der Waals surface area contributed by atoms with Gasteiger partial charge in [-0.05, 0) is 29.8 Å². The Labute approximate surface area is 164 Å². The van der Waals surface area contributed by atoms with E-state index in [0.717, 1.165) is 5.56 Å². The zero-order valence-electron chi connectivity index (χ0n) is 15.8. The number of carbonyl (C=O) groups excluding carboxylic acids is 2. The van der Waals surface area contributed by atoms with Crippen LogP contribution in [0, 0.1) is 0 Å². The summed E-state index contributed by atoms with van der Waals surface area (Å²) in [6.45, 7) is -0.224. The second-order valence-corrected chi connectivity index (χ2v) is 5.89. The van der Waals surface area contributed by atoms with E-state index in [2.05, 4.69) is 10.6 Å². The minimum Gasteiger partial charge on any atom is -0.497 e. The first-order valence-electron chi connectivity index (χ1n) is 8.71. The molecular weight excluding hydrogens is 360 g/mol. The van der Waals surface area contributed by atoms with E-state index < -0.39 is 12.0 Å². The van der Waals surface area contributed by atoms with Gasteiger partial charge in [0.1, 0.15) is 11.5 Å². The number of hydrogen-bond donors (Lipinski definition) is 3. The highest BCUT2D eigenvalue weighted by molar-refractivity contribution is 5.94. The van der Waals surface area contributed by atoms with Crippen LogP contribution in [0.2, 0.25) is 0 Å². The SMILES string of the molecule is COc1ccc(OC)c(C(O)CNC(=O)CNC(=O)/C=C/c2ccccc2)c1. The first-order chi connectivity index (χ1) is 13.5. The number of rotatable bonds is 9. The van der Waals surface area contributed by atoms with E-state index in [1.807, 2.05) is 30.3 Å². The fourth-order valence-electron chi connectivity index (χ4n) is 2.45. The molecule has 0 aliphatic carbocycles. The Morgan fingerprint density at radius 2 is 1.82 bits per heavy atom. The lowest BCUT2D eigenvalue weighted by Gasteiger charge is -2.16. The first kappa shape index (κ1) is 21.0. The van der Waals surface area contributed by atoms with Crippen LogP contribution < -0.4 is 20.1 Å². The Bertz CT molecular complexity index is 821. The fourth-order valence-corrected chi connectivity index (χ4v) is 2.45. The highest BCUT2D eigenvalue weighted by Crippen LogP contribution is 2.28. The molecular formula is C21H24N2O5. The maximum absolute atomic E-state index is 11.9. The van der Waals surface area contributed by atoms with Gasteiger partial charge in [0.2, 0.25) is 11.8 Å². The monoisotopic (exact) mass is 384 g/mol. The standard InChI is InChI=1S/C21H24N2O5/c1-27-16-9-10-19(28-2)17(12-16)18(24)13-22-21(26)14-23-20(25)11-8-15-6-4-3-5-7-15/h3-12,18,24H,13-14H2,1-2H3,(H,22,26)(H,23,25)/b11-8+. The zero-order valence-corrected chi connectivity index (χ0v) is 15.8. The van der Waals surface area contributed by atoms with Crippen LogP contribution in [0.3, 0.4) is 0 Å². The average molecular weight is 384 g/mol. The molecule has 148 valence electrons. The lowest BCUT2D eigenvalue weighted by Crippen LogP contribution is -2.38. The molecule has 0 saturated heterocycles. The summed E-state index contributed by atoms with van der Waals surface area (Å²) in [6, 6.07) is 14.4. The van der Waals surface area contributed by atoms with E-state index in [4.69, 9.17) is 9.47 Å². The van der Waals surface area contributed by atoms with Crippen molar-refractivity contribution in [2.24, 2.45) is 0 Å². The molecule has 7 nitrogen and oxygen atoms in total. The van der Waals surface area contributed by atoms with Gasteiger partial charge in [-0.2, -0.15) is 0 Å². The maximum Gasteiger partial charge on any atom is 0.244 e. The Hall–Kier alpha value is -3.32. The van der Waals surface area contributed by atoms with Crippen LogP contribution >= 0.6 is 0 Å². The van der Waals surface area contributed by atoms with Crippen molar-refractivity contribution >= 4 is 17.9 Å². The van der Waals surface area contributed by atoms with Crippen molar-refractivity contribution in [1.82, 2.24) is 10.6 Å². The predicted octanol–water partition coefficient (Wildman–Crippen LogP) is 1.68. The molecule has 0 saturated carbocycles. The largest absolute Gasteiger partial charge is 0.497 e. The molecule has 28 heavy (non-hydrogen) atoms. The summed E-state index contributed by atoms with van der Waals surface area (Å²) in [5, 5.41) is 15.4. The fraction of sp³-hybridized carbons (Fsp3) is 0.238. The Morgan fingerprint density at radius 1 is 1.07 bits per heavy atom. The van der Waals surface area contributed by atoms with E-state index in [1.165, 1.54) is 20.3 Å². The third-order valence-corrected chi connectivity index (χ3v) is 3.94. The minimum atomic E-state index is -0.984. The van der Waals surface area contributed by atoms with Gasteiger partial charge in [0.15, 0.2) is 0 Å². The van der Waals surface area contributed by atoms with Crippen LogP contribution in [0.1, 0.15) is 17.2 Å². The average Bonchev–Trinajstić information content (AvgIpc) is 2.74. The molecule has 1 atom stereocenters. The van der Waals surface area contributed by atoms with Gasteiger partial charge in [-0.15, -0.1) is 0 Å². The molecule has 0 aromatic heterocycles. The Kier molecular flexibility index (Phi) is 8.05. The van der Waals surface area contributed by atoms with Crippen molar-refractivity contribution in [2.75, 3.05) is 27.3 Å². The number of nitrogens with one attached hydrogen (secondary N) is 2. The van der Waals surface area contributed by atoms with Crippen molar-refractivity contribution in [1.29, 1.82) is 0 Å². The van der Waals surface area contributed by atoms with Crippen LogP contribution in [0.15, 0.2) is 54.6 Å². The molecule has 0 fully saturated rings. The maximum atomic E-state index is 11.9. The Balaban J connectivity index is 1.80. The summed E-state index contributed by atoms with van der Waals surface area (Å²) in [5.41, 5.74) is 1.38. The Morgan fingerprint density at radius 3 is 2.50 bits per heavy atom. The predicted molar refractivity (Wildman–Crippen MR) is 106 cm³/mol. The number of carbonyl (C=O) groups is 2. The van der Waals surface area contributed by atoms with Gasteiger partial charge >= 0.3 is 0 Å². The molecule has 1 unspecified atom stereocenters. The zero-order chi connectivity index (χ0) is 20.4. The molecule has 0 radical (unpaired) electrons. The molecule has 2 amide bonds. The lowest BCUT2D eigenvalue weighted by atomic mass is 10.1. The second-order valence-electron chi connectivity index (χ2n) is 5.89. The van der Waals surface area contributed by atoms with Crippen molar-refractivity contribution in [3.8, 4) is 11.5 Å². The summed E-state index contributed by atoms with van der Waals surface area (Å²) in [7, 11) is 3.02. The van der Waals surface area contributed by atoms with Gasteiger partial charge < -0.3 is 25.2 Å². The van der Waals surface area contributed by atoms with Crippen LogP contribution in [-0.2, 0) is 9.59 Å². The molecule has 2 rings (SSSR count). The van der Waals surface area contributed by atoms with Gasteiger partial charge in [-0.3, -0.25) is 9.59 Å². The molecule has 3 N–H and O–H groups in total. The topological polar surface area (TPSA) is 96.9 Å². The van der Waals surface area contributed by atoms with Crippen molar-refractivity contribution in [3.05, 3.63) is 65.7 Å². The number of ether oxygens (including phenoxy) is 2. The van der Waals surface area contributed by atoms with Crippen LogP contribution in [0.5, 0.6) is 11.5 Å². The summed E-state index contributed by atoms with van der Waals surface area (Å²) in [5.74, 6) is 0.261. The minimum absolute atomic E-state index is 0.0297. The quantitative estimate of drug-likeness (QED) is 0.572. The summed E-state index contributed by atoms with van der Waals surface area (Å²) < 4.78 is 10.4.